The van der Waals surface area contributed by atoms with E-state index in [9.17, 15) is 9.59 Å². The Morgan fingerprint density at radius 2 is 2.16 bits per heavy atom. The van der Waals surface area contributed by atoms with Gasteiger partial charge in [-0.15, -0.1) is 0 Å². The van der Waals surface area contributed by atoms with E-state index in [0.29, 0.717) is 24.6 Å². The van der Waals surface area contributed by atoms with E-state index in [0.717, 1.165) is 12.8 Å². The van der Waals surface area contributed by atoms with Gasteiger partial charge >= 0.3 is 5.97 Å². The van der Waals surface area contributed by atoms with Gasteiger partial charge in [0.1, 0.15) is 0 Å². The molecule has 104 valence electrons. The Morgan fingerprint density at radius 3 is 2.79 bits per heavy atom. The highest BCUT2D eigenvalue weighted by Gasteiger charge is 2.30. The van der Waals surface area contributed by atoms with Crippen LogP contribution in [0.4, 0.5) is 0 Å². The third kappa shape index (κ3) is 3.52. The maximum atomic E-state index is 12.0. The molecule has 1 fully saturated rings. The van der Waals surface area contributed by atoms with Gasteiger partial charge in [-0.05, 0) is 26.2 Å². The number of carbonyl (C=O) groups is 2. The van der Waals surface area contributed by atoms with E-state index in [2.05, 4.69) is 15.5 Å². The molecule has 0 spiro atoms. The molecule has 19 heavy (non-hydrogen) atoms. The minimum absolute atomic E-state index is 0.137. The van der Waals surface area contributed by atoms with Crippen LogP contribution < -0.4 is 5.32 Å². The lowest BCUT2D eigenvalue weighted by Gasteiger charge is -2.25. The number of amides is 1. The lowest BCUT2D eigenvalue weighted by Crippen LogP contribution is -2.35. The van der Waals surface area contributed by atoms with Crippen LogP contribution >= 0.6 is 0 Å². The average molecular weight is 267 g/mol. The lowest BCUT2D eigenvalue weighted by atomic mass is 9.81. The van der Waals surface area contributed by atoms with Crippen LogP contribution in [0.15, 0.2) is 4.52 Å². The largest absolute Gasteiger partial charge is 0.481 e. The number of carbonyl (C=O) groups excluding carboxylic acids is 1. The molecule has 2 unspecified atom stereocenters. The zero-order valence-corrected chi connectivity index (χ0v) is 10.8. The zero-order valence-electron chi connectivity index (χ0n) is 10.8. The first-order chi connectivity index (χ1) is 9.06. The first-order valence-corrected chi connectivity index (χ1v) is 6.36. The number of rotatable bonds is 4. The summed E-state index contributed by atoms with van der Waals surface area (Å²) in [5, 5.41) is 15.3. The monoisotopic (exact) mass is 267 g/mol. The molecule has 2 atom stereocenters. The Morgan fingerprint density at radius 1 is 1.42 bits per heavy atom. The number of hydrogen-bond donors (Lipinski definition) is 2. The standard InChI is InChI=1S/C12H17N3O4/c1-7-14-10(19-15-7)6-13-11(16)8-3-2-4-9(5-8)12(17)18/h8-9H,2-6H2,1H3,(H,13,16)(H,17,18). The van der Waals surface area contributed by atoms with Crippen molar-refractivity contribution in [3.05, 3.63) is 11.7 Å². The van der Waals surface area contributed by atoms with Gasteiger partial charge in [0.2, 0.25) is 11.8 Å². The van der Waals surface area contributed by atoms with Crippen molar-refractivity contribution in [1.82, 2.24) is 15.5 Å². The van der Waals surface area contributed by atoms with Crippen LogP contribution in [0.2, 0.25) is 0 Å². The first kappa shape index (κ1) is 13.5. The summed E-state index contributed by atoms with van der Waals surface area (Å²) in [4.78, 5) is 26.9. The third-order valence-electron chi connectivity index (χ3n) is 3.38. The van der Waals surface area contributed by atoms with Gasteiger partial charge in [0.25, 0.3) is 0 Å². The number of aromatic nitrogens is 2. The molecule has 1 heterocycles. The second kappa shape index (κ2) is 5.81. The SMILES string of the molecule is Cc1noc(CNC(=O)C2CCCC(C(=O)O)C2)n1. The normalized spacial score (nSPS) is 23.0. The van der Waals surface area contributed by atoms with E-state index in [4.69, 9.17) is 9.63 Å². The van der Waals surface area contributed by atoms with Crippen molar-refractivity contribution < 1.29 is 19.2 Å². The van der Waals surface area contributed by atoms with Crippen molar-refractivity contribution in [2.75, 3.05) is 0 Å². The minimum Gasteiger partial charge on any atom is -0.481 e. The van der Waals surface area contributed by atoms with E-state index in [1.807, 2.05) is 0 Å². The number of aryl methyl sites for hydroxylation is 1. The van der Waals surface area contributed by atoms with E-state index in [1.54, 1.807) is 6.92 Å². The predicted molar refractivity (Wildman–Crippen MR) is 64.0 cm³/mol. The van der Waals surface area contributed by atoms with Crippen molar-refractivity contribution in [2.24, 2.45) is 11.8 Å². The highest BCUT2D eigenvalue weighted by atomic mass is 16.5. The predicted octanol–water partition coefficient (Wildman–Crippen LogP) is 0.885. The minimum atomic E-state index is -0.815. The number of nitrogens with zero attached hydrogens (tertiary/aromatic N) is 2. The topological polar surface area (TPSA) is 105 Å². The fourth-order valence-corrected chi connectivity index (χ4v) is 2.37. The quantitative estimate of drug-likeness (QED) is 0.839. The van der Waals surface area contributed by atoms with Crippen molar-refractivity contribution in [3.8, 4) is 0 Å². The molecule has 1 amide bonds. The molecule has 0 saturated heterocycles. The molecular formula is C12H17N3O4. The Hall–Kier alpha value is -1.92. The van der Waals surface area contributed by atoms with E-state index < -0.39 is 11.9 Å². The van der Waals surface area contributed by atoms with Gasteiger partial charge in [0, 0.05) is 5.92 Å². The van der Waals surface area contributed by atoms with E-state index in [1.165, 1.54) is 0 Å². The second-order valence-corrected chi connectivity index (χ2v) is 4.85. The fraction of sp³-hybridized carbons (Fsp3) is 0.667. The molecule has 0 aliphatic heterocycles. The summed E-state index contributed by atoms with van der Waals surface area (Å²) >= 11 is 0. The maximum Gasteiger partial charge on any atom is 0.306 e. The molecule has 0 radical (unpaired) electrons. The van der Waals surface area contributed by atoms with Gasteiger partial charge in [-0.3, -0.25) is 9.59 Å². The van der Waals surface area contributed by atoms with Gasteiger partial charge in [0.05, 0.1) is 12.5 Å². The van der Waals surface area contributed by atoms with Crippen LogP contribution in [0, 0.1) is 18.8 Å². The summed E-state index contributed by atoms with van der Waals surface area (Å²) < 4.78 is 4.89. The number of carboxylic acid groups (broad SMARTS) is 1. The van der Waals surface area contributed by atoms with Crippen LogP contribution in [-0.2, 0) is 16.1 Å². The Balaban J connectivity index is 1.84. The van der Waals surface area contributed by atoms with Crippen LogP contribution in [0.25, 0.3) is 0 Å². The summed E-state index contributed by atoms with van der Waals surface area (Å²) in [6, 6.07) is 0. The van der Waals surface area contributed by atoms with Gasteiger partial charge in [-0.25, -0.2) is 0 Å². The van der Waals surface area contributed by atoms with Crippen molar-refractivity contribution in [1.29, 1.82) is 0 Å². The molecule has 1 aliphatic carbocycles. The van der Waals surface area contributed by atoms with E-state index in [-0.39, 0.29) is 18.4 Å². The van der Waals surface area contributed by atoms with E-state index >= 15 is 0 Å². The van der Waals surface area contributed by atoms with Crippen molar-refractivity contribution in [2.45, 2.75) is 39.2 Å². The summed E-state index contributed by atoms with van der Waals surface area (Å²) in [7, 11) is 0. The molecule has 1 aromatic rings. The van der Waals surface area contributed by atoms with Crippen LogP contribution in [0.5, 0.6) is 0 Å². The number of nitrogens with one attached hydrogen (secondary N) is 1. The molecular weight excluding hydrogens is 250 g/mol. The van der Waals surface area contributed by atoms with Gasteiger partial charge in [-0.1, -0.05) is 11.6 Å². The second-order valence-electron chi connectivity index (χ2n) is 4.85. The van der Waals surface area contributed by atoms with Crippen molar-refractivity contribution in [3.63, 3.8) is 0 Å². The molecule has 2 N–H and O–H groups in total. The smallest absolute Gasteiger partial charge is 0.306 e. The zero-order chi connectivity index (χ0) is 13.8. The van der Waals surface area contributed by atoms with Crippen LogP contribution in [-0.4, -0.2) is 27.1 Å². The third-order valence-corrected chi connectivity index (χ3v) is 3.38. The fourth-order valence-electron chi connectivity index (χ4n) is 2.37. The summed E-state index contributed by atoms with van der Waals surface area (Å²) in [6.45, 7) is 1.89. The highest BCUT2D eigenvalue weighted by molar-refractivity contribution is 5.80. The first-order valence-electron chi connectivity index (χ1n) is 6.36. The Bertz CT molecular complexity index is 471. The van der Waals surface area contributed by atoms with Crippen molar-refractivity contribution >= 4 is 11.9 Å². The summed E-state index contributed by atoms with van der Waals surface area (Å²) in [5.74, 6) is -0.717. The maximum absolute atomic E-state index is 12.0. The van der Waals surface area contributed by atoms with Gasteiger partial charge in [0.15, 0.2) is 5.82 Å². The van der Waals surface area contributed by atoms with Gasteiger partial charge in [-0.2, -0.15) is 4.98 Å². The highest BCUT2D eigenvalue weighted by Crippen LogP contribution is 2.29. The molecule has 7 heteroatoms. The van der Waals surface area contributed by atoms with Crippen LogP contribution in [0.3, 0.4) is 0 Å². The average Bonchev–Trinajstić information content (AvgIpc) is 2.82. The van der Waals surface area contributed by atoms with Gasteiger partial charge < -0.3 is 14.9 Å². The lowest BCUT2D eigenvalue weighted by molar-refractivity contribution is -0.144. The summed E-state index contributed by atoms with van der Waals surface area (Å²) in [6.07, 6.45) is 2.57. The molecule has 0 aromatic carbocycles. The summed E-state index contributed by atoms with van der Waals surface area (Å²) in [5.41, 5.74) is 0. The number of hydrogen-bond acceptors (Lipinski definition) is 5. The number of carboxylic acids is 1. The Kier molecular flexibility index (Phi) is 4.13. The molecule has 1 aromatic heterocycles. The molecule has 2 rings (SSSR count). The van der Waals surface area contributed by atoms with Crippen LogP contribution in [0.1, 0.15) is 37.4 Å². The Labute approximate surface area is 110 Å². The molecule has 0 bridgehead atoms. The number of aliphatic carboxylic acids is 1. The molecule has 1 saturated carbocycles. The molecule has 7 nitrogen and oxygen atoms in total. The molecule has 1 aliphatic rings.